The Labute approximate surface area is 121 Å². The van der Waals surface area contributed by atoms with Crippen molar-refractivity contribution in [2.45, 2.75) is 46.5 Å². The second-order valence-electron chi connectivity index (χ2n) is 5.73. The molecule has 104 valence electrons. The Hall–Kier alpha value is -1.16. The molecular weight excluding hydrogens is 254 g/mol. The van der Waals surface area contributed by atoms with Crippen LogP contribution < -0.4 is 11.1 Å². The first-order chi connectivity index (χ1) is 8.97. The summed E-state index contributed by atoms with van der Waals surface area (Å²) in [5, 5.41) is 3.49. The van der Waals surface area contributed by atoms with Crippen LogP contribution in [0.25, 0.3) is 0 Å². The van der Waals surface area contributed by atoms with Gasteiger partial charge in [0.1, 0.15) is 10.8 Å². The normalized spacial score (nSPS) is 16.8. The number of hydrogen-bond acceptors (Lipinski definition) is 3. The number of pyridine rings is 1. The molecule has 0 saturated heterocycles. The fourth-order valence-electron chi connectivity index (χ4n) is 2.88. The van der Waals surface area contributed by atoms with Gasteiger partial charge in [-0.2, -0.15) is 0 Å². The Morgan fingerprint density at radius 2 is 2.16 bits per heavy atom. The van der Waals surface area contributed by atoms with Crippen LogP contribution in [0.15, 0.2) is 6.07 Å². The van der Waals surface area contributed by atoms with Crippen molar-refractivity contribution in [3.8, 4) is 0 Å². The van der Waals surface area contributed by atoms with Crippen LogP contribution in [-0.4, -0.2) is 16.5 Å². The van der Waals surface area contributed by atoms with Crippen LogP contribution in [-0.2, 0) is 0 Å². The highest BCUT2D eigenvalue weighted by Crippen LogP contribution is 2.43. The smallest absolute Gasteiger partial charge is 0.136 e. The highest BCUT2D eigenvalue weighted by atomic mass is 32.1. The second-order valence-corrected chi connectivity index (χ2v) is 6.17. The summed E-state index contributed by atoms with van der Waals surface area (Å²) in [4.78, 5) is 5.00. The molecule has 2 rings (SSSR count). The van der Waals surface area contributed by atoms with Gasteiger partial charge < -0.3 is 11.1 Å². The summed E-state index contributed by atoms with van der Waals surface area (Å²) >= 11 is 5.16. The lowest BCUT2D eigenvalue weighted by molar-refractivity contribution is 0.145. The molecule has 4 heteroatoms. The van der Waals surface area contributed by atoms with Gasteiger partial charge in [0.2, 0.25) is 0 Å². The first kappa shape index (κ1) is 14.3. The number of nitrogens with zero attached hydrogens (tertiary/aromatic N) is 1. The molecule has 1 fully saturated rings. The number of nitrogens with one attached hydrogen (secondary N) is 1. The Balaban J connectivity index is 2.21. The van der Waals surface area contributed by atoms with E-state index in [2.05, 4.69) is 17.2 Å². The average molecular weight is 277 g/mol. The van der Waals surface area contributed by atoms with Crippen molar-refractivity contribution in [2.24, 2.45) is 11.1 Å². The van der Waals surface area contributed by atoms with E-state index in [1.54, 1.807) is 0 Å². The summed E-state index contributed by atoms with van der Waals surface area (Å²) < 4.78 is 0. The van der Waals surface area contributed by atoms with E-state index in [0.29, 0.717) is 10.4 Å². The van der Waals surface area contributed by atoms with Gasteiger partial charge in [-0.1, -0.05) is 25.6 Å². The Morgan fingerprint density at radius 3 is 2.63 bits per heavy atom. The van der Waals surface area contributed by atoms with Gasteiger partial charge in [-0.05, 0) is 50.2 Å². The first-order valence-electron chi connectivity index (χ1n) is 6.99. The van der Waals surface area contributed by atoms with E-state index in [1.165, 1.54) is 25.7 Å². The van der Waals surface area contributed by atoms with Crippen molar-refractivity contribution in [3.05, 3.63) is 22.9 Å². The Bertz CT molecular complexity index is 487. The molecule has 0 bridgehead atoms. The molecule has 1 saturated carbocycles. The van der Waals surface area contributed by atoms with Crippen molar-refractivity contribution in [3.63, 3.8) is 0 Å². The minimum absolute atomic E-state index is 0.423. The van der Waals surface area contributed by atoms with E-state index in [4.69, 9.17) is 18.0 Å². The molecule has 1 aromatic heterocycles. The maximum absolute atomic E-state index is 5.84. The van der Waals surface area contributed by atoms with Crippen molar-refractivity contribution in [2.75, 3.05) is 11.9 Å². The van der Waals surface area contributed by atoms with Crippen LogP contribution in [0.3, 0.4) is 0 Å². The van der Waals surface area contributed by atoms with Gasteiger partial charge in [-0.25, -0.2) is 4.98 Å². The number of rotatable bonds is 5. The minimum Gasteiger partial charge on any atom is -0.389 e. The molecule has 1 aliphatic carbocycles. The molecule has 0 radical (unpaired) electrons. The van der Waals surface area contributed by atoms with Gasteiger partial charge in [0.05, 0.1) is 5.56 Å². The zero-order valence-corrected chi connectivity index (χ0v) is 12.9. The summed E-state index contributed by atoms with van der Waals surface area (Å²) in [5.74, 6) is 0.852. The zero-order chi connectivity index (χ0) is 14.0. The first-order valence-corrected chi connectivity index (χ1v) is 7.40. The molecule has 3 nitrogen and oxygen atoms in total. The number of thiocarbonyl (C=S) groups is 1. The van der Waals surface area contributed by atoms with Gasteiger partial charge in [0.25, 0.3) is 0 Å². The number of nitrogens with two attached hydrogens (primary N) is 1. The highest BCUT2D eigenvalue weighted by molar-refractivity contribution is 7.80. The van der Waals surface area contributed by atoms with Gasteiger partial charge >= 0.3 is 0 Å². The number of hydrogen-bond donors (Lipinski definition) is 2. The van der Waals surface area contributed by atoms with E-state index >= 15 is 0 Å². The van der Waals surface area contributed by atoms with Crippen LogP contribution in [0.4, 0.5) is 5.82 Å². The van der Waals surface area contributed by atoms with E-state index in [1.807, 2.05) is 19.9 Å². The lowest BCUT2D eigenvalue weighted by Gasteiger charge is -2.41. The van der Waals surface area contributed by atoms with E-state index in [-0.39, 0.29) is 0 Å². The minimum atomic E-state index is 0.423. The van der Waals surface area contributed by atoms with Crippen molar-refractivity contribution >= 4 is 23.0 Å². The van der Waals surface area contributed by atoms with E-state index in [0.717, 1.165) is 29.2 Å². The number of anilines is 1. The average Bonchev–Trinajstić information content (AvgIpc) is 2.26. The second kappa shape index (κ2) is 5.45. The topological polar surface area (TPSA) is 50.9 Å². The summed E-state index contributed by atoms with van der Waals surface area (Å²) in [7, 11) is 0. The SMILES string of the molecule is CCC1(CNc2nc(C)cc(C)c2C(N)=S)CCC1. The van der Waals surface area contributed by atoms with E-state index in [9.17, 15) is 0 Å². The van der Waals surface area contributed by atoms with Gasteiger partial charge in [-0.15, -0.1) is 0 Å². The standard InChI is InChI=1S/C15H23N3S/c1-4-15(6-5-7-15)9-17-14-12(13(16)19)10(2)8-11(3)18-14/h8H,4-7,9H2,1-3H3,(H2,16,19)(H,17,18). The molecule has 0 unspecified atom stereocenters. The van der Waals surface area contributed by atoms with Crippen molar-refractivity contribution < 1.29 is 0 Å². The van der Waals surface area contributed by atoms with Gasteiger partial charge in [-0.3, -0.25) is 0 Å². The molecule has 0 aromatic carbocycles. The Kier molecular flexibility index (Phi) is 4.09. The zero-order valence-electron chi connectivity index (χ0n) is 12.0. The fraction of sp³-hybridized carbons (Fsp3) is 0.600. The molecule has 1 heterocycles. The highest BCUT2D eigenvalue weighted by Gasteiger charge is 2.35. The maximum Gasteiger partial charge on any atom is 0.136 e. The third kappa shape index (κ3) is 2.89. The predicted molar refractivity (Wildman–Crippen MR) is 84.7 cm³/mol. The molecule has 19 heavy (non-hydrogen) atoms. The summed E-state index contributed by atoms with van der Waals surface area (Å²) in [6, 6.07) is 2.03. The van der Waals surface area contributed by atoms with Crippen LogP contribution in [0.5, 0.6) is 0 Å². The van der Waals surface area contributed by atoms with Crippen LogP contribution in [0, 0.1) is 19.3 Å². The molecule has 0 amide bonds. The lowest BCUT2D eigenvalue weighted by Crippen LogP contribution is -2.36. The fourth-order valence-corrected chi connectivity index (χ4v) is 3.14. The maximum atomic E-state index is 5.84. The van der Waals surface area contributed by atoms with Gasteiger partial charge in [0.15, 0.2) is 0 Å². The molecular formula is C15H23N3S. The molecule has 1 aromatic rings. The van der Waals surface area contributed by atoms with Crippen molar-refractivity contribution in [1.82, 2.24) is 4.98 Å². The molecule has 3 N–H and O–H groups in total. The lowest BCUT2D eigenvalue weighted by atomic mass is 9.67. The molecule has 0 spiro atoms. The van der Waals surface area contributed by atoms with Crippen LogP contribution >= 0.6 is 12.2 Å². The molecule has 0 atom stereocenters. The summed E-state index contributed by atoms with van der Waals surface area (Å²) in [6.45, 7) is 7.27. The largest absolute Gasteiger partial charge is 0.389 e. The third-order valence-electron chi connectivity index (χ3n) is 4.39. The summed E-state index contributed by atoms with van der Waals surface area (Å²) in [5.41, 5.74) is 9.28. The number of aromatic nitrogens is 1. The third-order valence-corrected chi connectivity index (χ3v) is 4.59. The predicted octanol–water partition coefficient (Wildman–Crippen LogP) is 3.32. The Morgan fingerprint density at radius 1 is 1.47 bits per heavy atom. The van der Waals surface area contributed by atoms with Gasteiger partial charge in [0, 0.05) is 12.2 Å². The van der Waals surface area contributed by atoms with Crippen LogP contribution in [0.2, 0.25) is 0 Å². The quantitative estimate of drug-likeness (QED) is 0.811. The molecule has 0 aliphatic heterocycles. The van der Waals surface area contributed by atoms with Crippen LogP contribution in [0.1, 0.15) is 49.4 Å². The summed E-state index contributed by atoms with van der Waals surface area (Å²) in [6.07, 6.45) is 5.18. The number of aryl methyl sites for hydroxylation is 2. The molecule has 1 aliphatic rings. The van der Waals surface area contributed by atoms with Crippen molar-refractivity contribution in [1.29, 1.82) is 0 Å². The monoisotopic (exact) mass is 277 g/mol. The van der Waals surface area contributed by atoms with E-state index < -0.39 is 0 Å².